The fourth-order valence-electron chi connectivity index (χ4n) is 1.92. The number of halogens is 2. The molecule has 0 unspecified atom stereocenters. The lowest BCUT2D eigenvalue weighted by atomic mass is 10.1. The maximum Gasteiger partial charge on any atom is 0.135 e. The average Bonchev–Trinajstić information content (AvgIpc) is 2.90. The summed E-state index contributed by atoms with van der Waals surface area (Å²) in [5.74, 6) is 0. The summed E-state index contributed by atoms with van der Waals surface area (Å²) in [6.45, 7) is 0. The van der Waals surface area contributed by atoms with Crippen LogP contribution >= 0.6 is 34.5 Å². The van der Waals surface area contributed by atoms with E-state index in [4.69, 9.17) is 23.2 Å². The molecule has 21 heavy (non-hydrogen) atoms. The van der Waals surface area contributed by atoms with Gasteiger partial charge in [0, 0.05) is 15.6 Å². The quantitative estimate of drug-likeness (QED) is 0.568. The highest BCUT2D eigenvalue weighted by Crippen LogP contribution is 2.31. The third-order valence-corrected chi connectivity index (χ3v) is 4.66. The van der Waals surface area contributed by atoms with Crippen molar-refractivity contribution in [3.63, 3.8) is 0 Å². The van der Waals surface area contributed by atoms with Gasteiger partial charge in [0.05, 0.1) is 15.8 Å². The highest BCUT2D eigenvalue weighted by Gasteiger charge is 2.11. The molecule has 0 saturated heterocycles. The second-order valence-electron chi connectivity index (χ2n) is 4.29. The van der Waals surface area contributed by atoms with Gasteiger partial charge in [-0.05, 0) is 30.3 Å². The number of rotatable bonds is 2. The van der Waals surface area contributed by atoms with Gasteiger partial charge in [-0.2, -0.15) is 5.26 Å². The van der Waals surface area contributed by atoms with Crippen molar-refractivity contribution in [1.29, 1.82) is 5.26 Å². The lowest BCUT2D eigenvalue weighted by molar-refractivity contribution is 1.43. The number of benzene rings is 2. The van der Waals surface area contributed by atoms with Crippen LogP contribution in [0.2, 0.25) is 10.0 Å². The molecule has 0 atom stereocenters. The van der Waals surface area contributed by atoms with E-state index in [1.807, 2.05) is 24.3 Å². The van der Waals surface area contributed by atoms with Crippen LogP contribution in [-0.4, -0.2) is 4.98 Å². The molecule has 0 aliphatic heterocycles. The first kappa shape index (κ1) is 14.1. The van der Waals surface area contributed by atoms with Gasteiger partial charge in [-0.1, -0.05) is 41.4 Å². The summed E-state index contributed by atoms with van der Waals surface area (Å²) in [5, 5.41) is 11.1. The van der Waals surface area contributed by atoms with E-state index in [0.29, 0.717) is 26.2 Å². The van der Waals surface area contributed by atoms with Gasteiger partial charge < -0.3 is 0 Å². The second kappa shape index (κ2) is 5.87. The highest BCUT2D eigenvalue weighted by molar-refractivity contribution is 7.19. The zero-order chi connectivity index (χ0) is 14.8. The molecule has 2 nitrogen and oxygen atoms in total. The zero-order valence-corrected chi connectivity index (χ0v) is 13.0. The van der Waals surface area contributed by atoms with E-state index in [1.54, 1.807) is 24.3 Å². The maximum absolute atomic E-state index is 9.41. The standard InChI is InChI=1S/C16H8Cl2N2S/c17-12-4-3-5-13(18)11(12)8-10(9-19)16-20-14-6-1-2-7-15(14)21-16/h1-8H/b10-8-. The molecular weight excluding hydrogens is 323 g/mol. The predicted octanol–water partition coefficient (Wildman–Crippen LogP) is 5.67. The Kier molecular flexibility index (Phi) is 3.94. The molecule has 3 rings (SSSR count). The Hall–Kier alpha value is -1.86. The zero-order valence-electron chi connectivity index (χ0n) is 10.7. The van der Waals surface area contributed by atoms with Gasteiger partial charge in [0.1, 0.15) is 11.1 Å². The van der Waals surface area contributed by atoms with Crippen LogP contribution in [0.1, 0.15) is 10.6 Å². The van der Waals surface area contributed by atoms with Crippen LogP contribution in [0.5, 0.6) is 0 Å². The van der Waals surface area contributed by atoms with Crippen LogP contribution in [0.3, 0.4) is 0 Å². The van der Waals surface area contributed by atoms with Crippen molar-refractivity contribution in [2.45, 2.75) is 0 Å². The number of thiazole rings is 1. The van der Waals surface area contributed by atoms with Crippen LogP contribution in [0, 0.1) is 11.3 Å². The molecule has 1 heterocycles. The number of allylic oxidation sites excluding steroid dienone is 1. The first-order chi connectivity index (χ1) is 10.2. The van der Waals surface area contributed by atoms with E-state index in [0.717, 1.165) is 10.2 Å². The van der Waals surface area contributed by atoms with Crippen molar-refractivity contribution >= 4 is 56.4 Å². The van der Waals surface area contributed by atoms with Gasteiger partial charge in [0.2, 0.25) is 0 Å². The first-order valence-corrected chi connectivity index (χ1v) is 7.68. The van der Waals surface area contributed by atoms with Gasteiger partial charge in [-0.25, -0.2) is 4.98 Å². The molecule has 1 aromatic heterocycles. The van der Waals surface area contributed by atoms with Crippen molar-refractivity contribution in [3.8, 4) is 6.07 Å². The molecule has 0 aliphatic carbocycles. The number of para-hydroxylation sites is 1. The molecule has 3 aromatic rings. The third-order valence-electron chi connectivity index (χ3n) is 2.93. The second-order valence-corrected chi connectivity index (χ2v) is 6.14. The summed E-state index contributed by atoms with van der Waals surface area (Å²) >= 11 is 13.8. The normalized spacial score (nSPS) is 11.6. The Labute approximate surface area is 135 Å². The van der Waals surface area contributed by atoms with Crippen molar-refractivity contribution in [2.75, 3.05) is 0 Å². The van der Waals surface area contributed by atoms with Gasteiger partial charge in [-0.15, -0.1) is 11.3 Å². The Morgan fingerprint density at radius 2 is 1.81 bits per heavy atom. The topological polar surface area (TPSA) is 36.7 Å². The van der Waals surface area contributed by atoms with Gasteiger partial charge in [0.25, 0.3) is 0 Å². The molecule has 0 bridgehead atoms. The lowest BCUT2D eigenvalue weighted by Crippen LogP contribution is -1.83. The number of hydrogen-bond acceptors (Lipinski definition) is 3. The predicted molar refractivity (Wildman–Crippen MR) is 89.6 cm³/mol. The smallest absolute Gasteiger partial charge is 0.135 e. The molecule has 0 fully saturated rings. The van der Waals surface area contributed by atoms with Gasteiger partial charge >= 0.3 is 0 Å². The van der Waals surface area contributed by atoms with Crippen LogP contribution in [0.15, 0.2) is 42.5 Å². The largest absolute Gasteiger partial charge is 0.235 e. The monoisotopic (exact) mass is 330 g/mol. The molecule has 0 aliphatic rings. The van der Waals surface area contributed by atoms with Crippen molar-refractivity contribution in [1.82, 2.24) is 4.98 Å². The summed E-state index contributed by atoms with van der Waals surface area (Å²) < 4.78 is 1.04. The Morgan fingerprint density at radius 3 is 2.48 bits per heavy atom. The minimum atomic E-state index is 0.450. The van der Waals surface area contributed by atoms with Gasteiger partial charge in [-0.3, -0.25) is 0 Å². The Balaban J connectivity index is 2.14. The first-order valence-electron chi connectivity index (χ1n) is 6.11. The highest BCUT2D eigenvalue weighted by atomic mass is 35.5. The van der Waals surface area contributed by atoms with Gasteiger partial charge in [0.15, 0.2) is 0 Å². The average molecular weight is 331 g/mol. The number of nitriles is 1. The van der Waals surface area contributed by atoms with E-state index in [9.17, 15) is 5.26 Å². The van der Waals surface area contributed by atoms with Crippen LogP contribution < -0.4 is 0 Å². The SMILES string of the molecule is N#C/C(=C/c1c(Cl)cccc1Cl)c1nc2ccccc2s1. The van der Waals surface area contributed by atoms with Crippen molar-refractivity contribution in [3.05, 3.63) is 63.1 Å². The molecule has 5 heteroatoms. The van der Waals surface area contributed by atoms with Crippen LogP contribution in [0.25, 0.3) is 21.9 Å². The van der Waals surface area contributed by atoms with E-state index in [1.165, 1.54) is 11.3 Å². The number of aromatic nitrogens is 1. The molecule has 102 valence electrons. The molecule has 0 amide bonds. The molecule has 2 aromatic carbocycles. The van der Waals surface area contributed by atoms with Crippen molar-refractivity contribution < 1.29 is 0 Å². The minimum Gasteiger partial charge on any atom is -0.235 e. The molecule has 0 saturated carbocycles. The summed E-state index contributed by atoms with van der Waals surface area (Å²) in [6.07, 6.45) is 1.68. The number of hydrogen-bond donors (Lipinski definition) is 0. The number of nitrogens with zero attached hydrogens (tertiary/aromatic N) is 2. The summed E-state index contributed by atoms with van der Waals surface area (Å²) in [4.78, 5) is 4.48. The lowest BCUT2D eigenvalue weighted by Gasteiger charge is -2.01. The van der Waals surface area contributed by atoms with Crippen molar-refractivity contribution in [2.24, 2.45) is 0 Å². The van der Waals surface area contributed by atoms with E-state index < -0.39 is 0 Å². The minimum absolute atomic E-state index is 0.450. The molecule has 0 N–H and O–H groups in total. The Morgan fingerprint density at radius 1 is 1.10 bits per heavy atom. The third kappa shape index (κ3) is 2.79. The van der Waals surface area contributed by atoms with Crippen LogP contribution in [-0.2, 0) is 0 Å². The summed E-state index contributed by atoms with van der Waals surface area (Å²) in [7, 11) is 0. The Bertz CT molecular complexity index is 837. The maximum atomic E-state index is 9.41. The summed E-state index contributed by atoms with van der Waals surface area (Å²) in [6, 6.07) is 15.2. The molecule has 0 spiro atoms. The van der Waals surface area contributed by atoms with E-state index in [2.05, 4.69) is 11.1 Å². The summed E-state index contributed by atoms with van der Waals surface area (Å²) in [5.41, 5.74) is 1.96. The van der Waals surface area contributed by atoms with Crippen LogP contribution in [0.4, 0.5) is 0 Å². The number of fused-ring (bicyclic) bond motifs is 1. The molecular formula is C16H8Cl2N2S. The fraction of sp³-hybridized carbons (Fsp3) is 0. The van der Waals surface area contributed by atoms with E-state index >= 15 is 0 Å². The fourth-order valence-corrected chi connectivity index (χ4v) is 3.36. The molecule has 0 radical (unpaired) electrons. The van der Waals surface area contributed by atoms with E-state index in [-0.39, 0.29) is 0 Å².